The van der Waals surface area contributed by atoms with Crippen molar-refractivity contribution in [2.24, 2.45) is 0 Å². The van der Waals surface area contributed by atoms with Crippen LogP contribution in [0.3, 0.4) is 0 Å². The van der Waals surface area contributed by atoms with Gasteiger partial charge >= 0.3 is 0 Å². The van der Waals surface area contributed by atoms with E-state index in [1.54, 1.807) is 25.1 Å². The average molecular weight is 300 g/mol. The average Bonchev–Trinajstić information content (AvgIpc) is 2.47. The highest BCUT2D eigenvalue weighted by molar-refractivity contribution is 7.89. The maximum absolute atomic E-state index is 13.7. The molecule has 20 heavy (non-hydrogen) atoms. The Hall–Kier alpha value is -1.14. The molecule has 4 nitrogen and oxygen atoms in total. The monoisotopic (exact) mass is 300 g/mol. The summed E-state index contributed by atoms with van der Waals surface area (Å²) >= 11 is 0. The fourth-order valence-electron chi connectivity index (χ4n) is 2.36. The number of nitrogens with zero attached hydrogens (tertiary/aromatic N) is 2. The number of piperazine rings is 1. The van der Waals surface area contributed by atoms with Crippen LogP contribution in [0.25, 0.3) is 0 Å². The predicted octanol–water partition coefficient (Wildman–Crippen LogP) is 2.08. The number of hydrogen-bond donors (Lipinski definition) is 0. The fourth-order valence-corrected chi connectivity index (χ4v) is 3.96. The van der Waals surface area contributed by atoms with Crippen molar-refractivity contribution in [3.8, 4) is 0 Å². The van der Waals surface area contributed by atoms with Crippen LogP contribution in [-0.2, 0) is 10.0 Å². The highest BCUT2D eigenvalue weighted by Gasteiger charge is 2.31. The van der Waals surface area contributed by atoms with Gasteiger partial charge in [0.25, 0.3) is 0 Å². The molecular formula is C14H21FN2O2S. The second-order valence-electron chi connectivity index (χ2n) is 5.10. The summed E-state index contributed by atoms with van der Waals surface area (Å²) in [6.45, 7) is 5.49. The van der Waals surface area contributed by atoms with E-state index in [1.165, 1.54) is 10.4 Å². The van der Waals surface area contributed by atoms with Gasteiger partial charge in [0.2, 0.25) is 10.0 Å². The smallest absolute Gasteiger partial charge is 0.216 e. The zero-order valence-corrected chi connectivity index (χ0v) is 12.7. The van der Waals surface area contributed by atoms with Crippen LogP contribution in [0.15, 0.2) is 24.3 Å². The molecule has 1 heterocycles. The first-order valence-electron chi connectivity index (χ1n) is 6.95. The minimum Gasteiger partial charge on any atom is -0.367 e. The van der Waals surface area contributed by atoms with Crippen molar-refractivity contribution in [2.75, 3.05) is 31.1 Å². The molecule has 0 spiro atoms. The lowest BCUT2D eigenvalue weighted by molar-refractivity contribution is 0.377. The first-order chi connectivity index (χ1) is 9.46. The Balaban J connectivity index is 2.05. The number of para-hydroxylation sites is 1. The van der Waals surface area contributed by atoms with Crippen molar-refractivity contribution in [3.05, 3.63) is 30.1 Å². The largest absolute Gasteiger partial charge is 0.367 e. The Morgan fingerprint density at radius 1 is 1.20 bits per heavy atom. The van der Waals surface area contributed by atoms with Gasteiger partial charge in [0.15, 0.2) is 0 Å². The first kappa shape index (κ1) is 15.3. The Labute approximate surface area is 120 Å². The van der Waals surface area contributed by atoms with Crippen molar-refractivity contribution in [1.29, 1.82) is 0 Å². The van der Waals surface area contributed by atoms with Gasteiger partial charge in [-0.2, -0.15) is 4.31 Å². The topological polar surface area (TPSA) is 40.6 Å². The van der Waals surface area contributed by atoms with Crippen LogP contribution in [0.2, 0.25) is 0 Å². The van der Waals surface area contributed by atoms with E-state index in [9.17, 15) is 12.8 Å². The third-order valence-corrected chi connectivity index (χ3v) is 6.31. The molecule has 1 aromatic carbocycles. The molecule has 0 radical (unpaired) electrons. The Bertz CT molecular complexity index is 554. The Morgan fingerprint density at radius 2 is 1.80 bits per heavy atom. The fraction of sp³-hybridized carbons (Fsp3) is 0.571. The van der Waals surface area contributed by atoms with Gasteiger partial charge in [0.1, 0.15) is 5.82 Å². The van der Waals surface area contributed by atoms with Crippen molar-refractivity contribution in [3.63, 3.8) is 0 Å². The molecule has 0 saturated carbocycles. The van der Waals surface area contributed by atoms with Gasteiger partial charge in [0.05, 0.1) is 10.9 Å². The summed E-state index contributed by atoms with van der Waals surface area (Å²) in [4.78, 5) is 1.90. The zero-order valence-electron chi connectivity index (χ0n) is 11.9. The normalized spacial score (nSPS) is 19.1. The number of rotatable bonds is 4. The summed E-state index contributed by atoms with van der Waals surface area (Å²) in [6, 6.07) is 6.61. The van der Waals surface area contributed by atoms with Gasteiger partial charge in [-0.25, -0.2) is 12.8 Å². The van der Waals surface area contributed by atoms with E-state index in [0.717, 1.165) is 0 Å². The van der Waals surface area contributed by atoms with Gasteiger partial charge < -0.3 is 4.90 Å². The standard InChI is InChI=1S/C14H21FN2O2S/c1-3-12(2)20(18,19)17-10-8-16(9-11-17)14-7-5-4-6-13(14)15/h4-7,12H,3,8-11H2,1-2H3/t12-/m1/s1. The highest BCUT2D eigenvalue weighted by Crippen LogP contribution is 2.22. The highest BCUT2D eigenvalue weighted by atomic mass is 32.2. The predicted molar refractivity (Wildman–Crippen MR) is 78.9 cm³/mol. The van der Waals surface area contributed by atoms with Crippen molar-refractivity contribution in [1.82, 2.24) is 4.31 Å². The van der Waals surface area contributed by atoms with Crippen LogP contribution in [0.1, 0.15) is 20.3 Å². The molecule has 0 aromatic heterocycles. The lowest BCUT2D eigenvalue weighted by atomic mass is 10.2. The summed E-state index contributed by atoms with van der Waals surface area (Å²) in [5.74, 6) is -0.259. The number of halogens is 1. The Kier molecular flexibility index (Phi) is 4.65. The third-order valence-electron chi connectivity index (χ3n) is 3.88. The Morgan fingerprint density at radius 3 is 2.35 bits per heavy atom. The van der Waals surface area contributed by atoms with Gasteiger partial charge in [0, 0.05) is 26.2 Å². The molecule has 1 aliphatic rings. The molecule has 6 heteroatoms. The quantitative estimate of drug-likeness (QED) is 0.855. The molecule has 0 N–H and O–H groups in total. The minimum atomic E-state index is -3.21. The SMILES string of the molecule is CC[C@@H](C)S(=O)(=O)N1CCN(c2ccccc2F)CC1. The van der Waals surface area contributed by atoms with E-state index < -0.39 is 10.0 Å². The molecule has 112 valence electrons. The van der Waals surface area contributed by atoms with E-state index in [2.05, 4.69) is 0 Å². The van der Waals surface area contributed by atoms with Crippen molar-refractivity contribution in [2.45, 2.75) is 25.5 Å². The van der Waals surface area contributed by atoms with E-state index in [1.807, 2.05) is 11.8 Å². The molecule has 1 aliphatic heterocycles. The van der Waals surface area contributed by atoms with Crippen LogP contribution in [-0.4, -0.2) is 44.2 Å². The lowest BCUT2D eigenvalue weighted by Crippen LogP contribution is -2.50. The van der Waals surface area contributed by atoms with Crippen LogP contribution >= 0.6 is 0 Å². The second kappa shape index (κ2) is 6.10. The van der Waals surface area contributed by atoms with E-state index >= 15 is 0 Å². The molecule has 0 amide bonds. The van der Waals surface area contributed by atoms with Crippen LogP contribution in [0.5, 0.6) is 0 Å². The van der Waals surface area contributed by atoms with E-state index in [0.29, 0.717) is 38.3 Å². The molecule has 1 atom stereocenters. The van der Waals surface area contributed by atoms with E-state index in [-0.39, 0.29) is 11.1 Å². The van der Waals surface area contributed by atoms with Crippen molar-refractivity contribution >= 4 is 15.7 Å². The molecule has 1 aromatic rings. The summed E-state index contributed by atoms with van der Waals surface area (Å²) in [7, 11) is -3.21. The molecular weight excluding hydrogens is 279 g/mol. The molecule has 0 bridgehead atoms. The zero-order chi connectivity index (χ0) is 14.8. The molecule has 2 rings (SSSR count). The maximum atomic E-state index is 13.7. The summed E-state index contributed by atoms with van der Waals surface area (Å²) in [5, 5.41) is -0.359. The molecule has 0 unspecified atom stereocenters. The maximum Gasteiger partial charge on any atom is 0.216 e. The minimum absolute atomic E-state index is 0.259. The summed E-state index contributed by atoms with van der Waals surface area (Å²) < 4.78 is 39.8. The van der Waals surface area contributed by atoms with Gasteiger partial charge in [-0.05, 0) is 25.5 Å². The lowest BCUT2D eigenvalue weighted by Gasteiger charge is -2.36. The van der Waals surface area contributed by atoms with Gasteiger partial charge in [-0.1, -0.05) is 19.1 Å². The van der Waals surface area contributed by atoms with Crippen LogP contribution < -0.4 is 4.90 Å². The second-order valence-corrected chi connectivity index (χ2v) is 7.45. The third kappa shape index (κ3) is 2.96. The summed E-state index contributed by atoms with van der Waals surface area (Å²) in [6.07, 6.45) is 0.607. The summed E-state index contributed by atoms with van der Waals surface area (Å²) in [5.41, 5.74) is 0.549. The van der Waals surface area contributed by atoms with E-state index in [4.69, 9.17) is 0 Å². The number of anilines is 1. The van der Waals surface area contributed by atoms with Crippen LogP contribution in [0, 0.1) is 5.82 Å². The van der Waals surface area contributed by atoms with Gasteiger partial charge in [-0.3, -0.25) is 0 Å². The molecule has 1 saturated heterocycles. The molecule has 0 aliphatic carbocycles. The van der Waals surface area contributed by atoms with Gasteiger partial charge in [-0.15, -0.1) is 0 Å². The first-order valence-corrected chi connectivity index (χ1v) is 8.45. The number of benzene rings is 1. The van der Waals surface area contributed by atoms with Crippen LogP contribution in [0.4, 0.5) is 10.1 Å². The number of sulfonamides is 1. The van der Waals surface area contributed by atoms with Crippen molar-refractivity contribution < 1.29 is 12.8 Å². The number of hydrogen-bond acceptors (Lipinski definition) is 3. The molecule has 1 fully saturated rings.